The molecule has 4 rings (SSSR count). The van der Waals surface area contributed by atoms with Crippen molar-refractivity contribution in [2.45, 2.75) is 37.5 Å². The zero-order chi connectivity index (χ0) is 23.6. The summed E-state index contributed by atoms with van der Waals surface area (Å²) in [5.41, 5.74) is 4.65. The van der Waals surface area contributed by atoms with Crippen LogP contribution in [0.15, 0.2) is 35.6 Å². The number of ketones is 1. The van der Waals surface area contributed by atoms with E-state index >= 15 is 4.39 Å². The highest BCUT2D eigenvalue weighted by molar-refractivity contribution is 5.95. The molecule has 1 aromatic heterocycles. The number of ether oxygens (including phenoxy) is 3. The summed E-state index contributed by atoms with van der Waals surface area (Å²) in [4.78, 5) is 24.6. The molecule has 2 N–H and O–H groups in total. The number of carbonyl (C=O) groups is 1. The second-order valence-electron chi connectivity index (χ2n) is 7.88. The van der Waals surface area contributed by atoms with Crippen LogP contribution in [0, 0.1) is 11.7 Å². The first-order chi connectivity index (χ1) is 15.9. The molecule has 2 aromatic rings. The topological polar surface area (TPSA) is 109 Å². The molecule has 0 amide bonds. The fourth-order valence-electron chi connectivity index (χ4n) is 4.38. The van der Waals surface area contributed by atoms with Crippen LogP contribution in [0.5, 0.6) is 5.88 Å². The van der Waals surface area contributed by atoms with Crippen molar-refractivity contribution in [2.24, 2.45) is 16.6 Å². The molecule has 1 fully saturated rings. The number of aliphatic imine (C=N–C) groups is 1. The number of hydrogen-bond donors (Lipinski definition) is 1. The van der Waals surface area contributed by atoms with E-state index in [1.54, 1.807) is 0 Å². The van der Waals surface area contributed by atoms with Crippen LogP contribution in [0.2, 0.25) is 0 Å². The Labute approximate surface area is 188 Å². The first kappa shape index (κ1) is 23.0. The van der Waals surface area contributed by atoms with E-state index in [2.05, 4.69) is 19.7 Å². The molecule has 8 nitrogen and oxygen atoms in total. The molecular weight excluding hydrogens is 441 g/mol. The molecule has 0 radical (unpaired) electrons. The summed E-state index contributed by atoms with van der Waals surface area (Å²) in [5, 5.41) is 0. The molecule has 1 saturated heterocycles. The number of Topliss-reactive ketones (excluding diaryl/α,β-unsaturated/α-hetero) is 1. The van der Waals surface area contributed by atoms with Gasteiger partial charge in [-0.2, -0.15) is 0 Å². The minimum absolute atomic E-state index is 0.0188. The van der Waals surface area contributed by atoms with Crippen LogP contribution in [-0.4, -0.2) is 54.1 Å². The van der Waals surface area contributed by atoms with Crippen LogP contribution in [0.4, 0.5) is 13.2 Å². The van der Waals surface area contributed by atoms with Crippen LogP contribution in [0.3, 0.4) is 0 Å². The molecule has 1 aromatic carbocycles. The van der Waals surface area contributed by atoms with E-state index in [0.29, 0.717) is 12.0 Å². The zero-order valence-corrected chi connectivity index (χ0v) is 17.8. The molecule has 3 heterocycles. The van der Waals surface area contributed by atoms with Gasteiger partial charge in [0.1, 0.15) is 29.8 Å². The van der Waals surface area contributed by atoms with Crippen LogP contribution in [0.25, 0.3) is 0 Å². The van der Waals surface area contributed by atoms with Crippen LogP contribution in [-0.2, 0) is 21.4 Å². The second kappa shape index (κ2) is 9.34. The first-order valence-electron chi connectivity index (χ1n) is 10.4. The van der Waals surface area contributed by atoms with Crippen molar-refractivity contribution in [2.75, 3.05) is 20.1 Å². The van der Waals surface area contributed by atoms with Gasteiger partial charge < -0.3 is 19.9 Å². The summed E-state index contributed by atoms with van der Waals surface area (Å²) in [7, 11) is 0. The summed E-state index contributed by atoms with van der Waals surface area (Å²) < 4.78 is 57.8. The van der Waals surface area contributed by atoms with Crippen LogP contribution < -0.4 is 10.5 Å². The number of rotatable bonds is 8. The molecule has 176 valence electrons. The molecule has 2 aliphatic rings. The molecule has 0 bridgehead atoms. The maximum absolute atomic E-state index is 15.0. The first-order valence-corrected chi connectivity index (χ1v) is 10.4. The number of fused-ring (bicyclic) bond motifs is 1. The van der Waals surface area contributed by atoms with E-state index < -0.39 is 42.7 Å². The van der Waals surface area contributed by atoms with Gasteiger partial charge in [-0.15, -0.1) is 0 Å². The fraction of sp³-hybridized carbons (Fsp3) is 0.455. The fourth-order valence-corrected chi connectivity index (χ4v) is 4.38. The van der Waals surface area contributed by atoms with Gasteiger partial charge in [-0.3, -0.25) is 4.79 Å². The van der Waals surface area contributed by atoms with E-state index in [9.17, 15) is 13.6 Å². The molecule has 33 heavy (non-hydrogen) atoms. The number of aromatic nitrogens is 2. The van der Waals surface area contributed by atoms with Crippen molar-refractivity contribution in [3.05, 3.63) is 53.2 Å². The van der Waals surface area contributed by atoms with Crippen molar-refractivity contribution in [3.8, 4) is 5.88 Å². The van der Waals surface area contributed by atoms with Gasteiger partial charge in [-0.25, -0.2) is 28.1 Å². The largest absolute Gasteiger partial charge is 0.459 e. The van der Waals surface area contributed by atoms with Gasteiger partial charge >= 0.3 is 0 Å². The Morgan fingerprint density at radius 1 is 1.30 bits per heavy atom. The molecular formula is C22H23F3N4O4. The molecule has 11 heteroatoms. The third-order valence-electron chi connectivity index (χ3n) is 6.02. The maximum Gasteiger partial charge on any atom is 0.283 e. The Balaban J connectivity index is 1.65. The van der Waals surface area contributed by atoms with Crippen molar-refractivity contribution in [1.29, 1.82) is 0 Å². The normalized spacial score (nSPS) is 26.3. The number of benzene rings is 1. The predicted molar refractivity (Wildman–Crippen MR) is 111 cm³/mol. The smallest absolute Gasteiger partial charge is 0.283 e. The highest BCUT2D eigenvalue weighted by atomic mass is 19.1. The van der Waals surface area contributed by atoms with Gasteiger partial charge in [0.15, 0.2) is 5.78 Å². The Bertz CT molecular complexity index is 1050. The Morgan fingerprint density at radius 2 is 2.12 bits per heavy atom. The van der Waals surface area contributed by atoms with E-state index in [4.69, 9.17) is 15.2 Å². The van der Waals surface area contributed by atoms with Gasteiger partial charge in [0, 0.05) is 12.0 Å². The maximum atomic E-state index is 15.0. The minimum Gasteiger partial charge on any atom is -0.459 e. The number of hydrogen-bond acceptors (Lipinski definition) is 8. The number of alkyl halides is 2. The summed E-state index contributed by atoms with van der Waals surface area (Å²) in [6.45, 7) is -0.0504. The van der Waals surface area contributed by atoms with Crippen molar-refractivity contribution >= 4 is 11.8 Å². The SMILES string of the molecule is CC[C@@H]1OC[C@H]2[C@@H]1OC(N)=N[C@]2(CF)c1cc(CC(=O)c2cnc(OCF)cn2)ccc1F. The lowest BCUT2D eigenvalue weighted by molar-refractivity contribution is 0.0234. The number of carbonyl (C=O) groups excluding carboxylic acids is 1. The zero-order valence-electron chi connectivity index (χ0n) is 17.8. The molecule has 0 unspecified atom stereocenters. The third-order valence-corrected chi connectivity index (χ3v) is 6.02. The molecule has 0 saturated carbocycles. The Kier molecular flexibility index (Phi) is 6.50. The number of nitrogens with zero attached hydrogens (tertiary/aromatic N) is 3. The average Bonchev–Trinajstić information content (AvgIpc) is 3.23. The summed E-state index contributed by atoms with van der Waals surface area (Å²) in [6.07, 6.45) is 1.88. The third kappa shape index (κ3) is 4.24. The van der Waals surface area contributed by atoms with Crippen LogP contribution >= 0.6 is 0 Å². The van der Waals surface area contributed by atoms with E-state index in [-0.39, 0.29) is 42.3 Å². The van der Waals surface area contributed by atoms with Gasteiger partial charge in [-0.1, -0.05) is 13.0 Å². The summed E-state index contributed by atoms with van der Waals surface area (Å²) in [5.74, 6) is -1.73. The lowest BCUT2D eigenvalue weighted by Gasteiger charge is -2.40. The summed E-state index contributed by atoms with van der Waals surface area (Å²) in [6, 6.07) is 3.78. The van der Waals surface area contributed by atoms with E-state index in [1.807, 2.05) is 6.92 Å². The molecule has 2 aliphatic heterocycles. The standard InChI is InChI=1S/C22H23F3N4O4/c1-2-18-20-14(9-31-18)22(10-23,29-21(26)33-20)13-5-12(3-4-15(13)25)6-17(30)16-7-28-19(8-27-16)32-11-24/h3-5,7-8,14,18,20H,2,6,9-11H2,1H3,(H2,26,29)/t14-,18-,20-,22+/m0/s1. The van der Waals surface area contributed by atoms with Gasteiger partial charge in [0.2, 0.25) is 12.7 Å². The highest BCUT2D eigenvalue weighted by Crippen LogP contribution is 2.46. The van der Waals surface area contributed by atoms with Gasteiger partial charge in [0.25, 0.3) is 6.02 Å². The minimum atomic E-state index is -1.63. The molecule has 0 spiro atoms. The quantitative estimate of drug-likeness (QED) is 0.598. The number of nitrogens with two attached hydrogens (primary N) is 1. The molecule has 0 aliphatic carbocycles. The Hall–Kier alpha value is -3.21. The molecule has 4 atom stereocenters. The van der Waals surface area contributed by atoms with Crippen LogP contribution in [0.1, 0.15) is 35.0 Å². The lowest BCUT2D eigenvalue weighted by Crippen LogP contribution is -2.51. The van der Waals surface area contributed by atoms with E-state index in [1.165, 1.54) is 18.2 Å². The van der Waals surface area contributed by atoms with Crippen molar-refractivity contribution in [3.63, 3.8) is 0 Å². The second-order valence-corrected chi connectivity index (χ2v) is 7.88. The highest BCUT2D eigenvalue weighted by Gasteiger charge is 2.56. The number of halogens is 3. The van der Waals surface area contributed by atoms with Crippen molar-refractivity contribution < 1.29 is 32.2 Å². The summed E-state index contributed by atoms with van der Waals surface area (Å²) >= 11 is 0. The predicted octanol–water partition coefficient (Wildman–Crippen LogP) is 2.65. The number of amidine groups is 1. The van der Waals surface area contributed by atoms with Gasteiger partial charge in [-0.05, 0) is 24.1 Å². The monoisotopic (exact) mass is 464 g/mol. The lowest BCUT2D eigenvalue weighted by atomic mass is 9.75. The van der Waals surface area contributed by atoms with Crippen molar-refractivity contribution in [1.82, 2.24) is 9.97 Å². The van der Waals surface area contributed by atoms with E-state index in [0.717, 1.165) is 12.4 Å². The average molecular weight is 464 g/mol. The van der Waals surface area contributed by atoms with Gasteiger partial charge in [0.05, 0.1) is 31.0 Å². The Morgan fingerprint density at radius 3 is 2.79 bits per heavy atom.